The normalized spacial score (nSPS) is 12.1. The Morgan fingerprint density at radius 3 is 2.35 bits per heavy atom. The minimum Gasteiger partial charge on any atom is -0.497 e. The summed E-state index contributed by atoms with van der Waals surface area (Å²) in [6.07, 6.45) is -0.538. The second-order valence-corrected chi connectivity index (χ2v) is 5.10. The molecule has 0 fully saturated rings. The van der Waals surface area contributed by atoms with E-state index < -0.39 is 6.10 Å². The van der Waals surface area contributed by atoms with Crippen LogP contribution in [-0.2, 0) is 6.54 Å². The highest BCUT2D eigenvalue weighted by atomic mass is 16.5. The van der Waals surface area contributed by atoms with E-state index in [9.17, 15) is 9.90 Å². The van der Waals surface area contributed by atoms with Crippen molar-refractivity contribution in [3.8, 4) is 5.75 Å². The van der Waals surface area contributed by atoms with E-state index in [1.807, 2.05) is 38.1 Å². The number of nitrogens with zero attached hydrogens (tertiary/aromatic N) is 1. The van der Waals surface area contributed by atoms with Gasteiger partial charge in [-0.15, -0.1) is 0 Å². The number of carbonyl (C=O) groups excluding carboxylic acids is 1. The molecule has 5 heteroatoms. The molecule has 0 aliphatic carbocycles. The average molecular weight is 280 g/mol. The number of rotatable bonds is 6. The number of hydrogen-bond acceptors (Lipinski definition) is 3. The number of aliphatic hydroxyl groups is 1. The molecule has 0 bridgehead atoms. The lowest BCUT2D eigenvalue weighted by molar-refractivity contribution is 0.119. The third-order valence-electron chi connectivity index (χ3n) is 2.95. The van der Waals surface area contributed by atoms with E-state index in [1.54, 1.807) is 18.9 Å². The summed E-state index contributed by atoms with van der Waals surface area (Å²) in [5.41, 5.74) is 1.000. The van der Waals surface area contributed by atoms with Crippen LogP contribution in [0.2, 0.25) is 0 Å². The number of ether oxygens (including phenoxy) is 1. The largest absolute Gasteiger partial charge is 0.497 e. The molecule has 2 N–H and O–H groups in total. The van der Waals surface area contributed by atoms with Crippen molar-refractivity contribution in [1.82, 2.24) is 10.2 Å². The van der Waals surface area contributed by atoms with E-state index in [2.05, 4.69) is 5.32 Å². The molecule has 0 aliphatic heterocycles. The van der Waals surface area contributed by atoms with Crippen LogP contribution in [0.3, 0.4) is 0 Å². The summed E-state index contributed by atoms with van der Waals surface area (Å²) < 4.78 is 5.08. The van der Waals surface area contributed by atoms with E-state index in [0.29, 0.717) is 13.1 Å². The molecular weight excluding hydrogens is 256 g/mol. The van der Waals surface area contributed by atoms with Gasteiger partial charge in [-0.2, -0.15) is 0 Å². The summed E-state index contributed by atoms with van der Waals surface area (Å²) in [6.45, 7) is 6.30. The lowest BCUT2D eigenvalue weighted by Gasteiger charge is -2.28. The van der Waals surface area contributed by atoms with Crippen LogP contribution in [0.25, 0.3) is 0 Å². The molecule has 1 aromatic rings. The fourth-order valence-electron chi connectivity index (χ4n) is 1.84. The lowest BCUT2D eigenvalue weighted by Crippen LogP contribution is -2.46. The van der Waals surface area contributed by atoms with Crippen LogP contribution in [0, 0.1) is 0 Å². The first-order chi connectivity index (χ1) is 9.43. The minimum atomic E-state index is -0.538. The number of carbonyl (C=O) groups is 1. The number of methoxy groups -OCH3 is 1. The maximum Gasteiger partial charge on any atom is 0.317 e. The van der Waals surface area contributed by atoms with Gasteiger partial charge in [0, 0.05) is 19.1 Å². The van der Waals surface area contributed by atoms with Crippen molar-refractivity contribution in [2.75, 3.05) is 13.7 Å². The van der Waals surface area contributed by atoms with Gasteiger partial charge >= 0.3 is 6.03 Å². The van der Waals surface area contributed by atoms with Gasteiger partial charge < -0.3 is 20.1 Å². The zero-order chi connectivity index (χ0) is 15.1. The van der Waals surface area contributed by atoms with Crippen molar-refractivity contribution < 1.29 is 14.6 Å². The summed E-state index contributed by atoms with van der Waals surface area (Å²) in [6, 6.07) is 7.41. The highest BCUT2D eigenvalue weighted by molar-refractivity contribution is 5.74. The molecule has 0 saturated heterocycles. The van der Waals surface area contributed by atoms with Gasteiger partial charge in [-0.1, -0.05) is 12.1 Å². The molecule has 0 radical (unpaired) electrons. The molecule has 2 amide bonds. The van der Waals surface area contributed by atoms with Gasteiger partial charge in [0.2, 0.25) is 0 Å². The standard InChI is InChI=1S/C15H24N2O3/c1-11(2)17(10-12(3)18)15(19)16-9-13-5-7-14(20-4)8-6-13/h5-8,11-12,18H,9-10H2,1-4H3,(H,16,19). The lowest BCUT2D eigenvalue weighted by atomic mass is 10.2. The van der Waals surface area contributed by atoms with E-state index in [4.69, 9.17) is 4.74 Å². The topological polar surface area (TPSA) is 61.8 Å². The quantitative estimate of drug-likeness (QED) is 0.837. The Bertz CT molecular complexity index is 416. The molecule has 0 aliphatic rings. The second-order valence-electron chi connectivity index (χ2n) is 5.10. The smallest absolute Gasteiger partial charge is 0.317 e. The molecule has 1 aromatic carbocycles. The maximum absolute atomic E-state index is 12.1. The zero-order valence-electron chi connectivity index (χ0n) is 12.6. The predicted molar refractivity (Wildman–Crippen MR) is 78.8 cm³/mol. The third kappa shape index (κ3) is 5.09. The van der Waals surface area contributed by atoms with Crippen molar-refractivity contribution in [2.24, 2.45) is 0 Å². The van der Waals surface area contributed by atoms with Gasteiger partial charge in [-0.3, -0.25) is 0 Å². The van der Waals surface area contributed by atoms with Crippen LogP contribution in [0.4, 0.5) is 4.79 Å². The van der Waals surface area contributed by atoms with Crippen molar-refractivity contribution >= 4 is 6.03 Å². The first-order valence-corrected chi connectivity index (χ1v) is 6.79. The fourth-order valence-corrected chi connectivity index (χ4v) is 1.84. The molecule has 20 heavy (non-hydrogen) atoms. The minimum absolute atomic E-state index is 0.0421. The molecule has 0 spiro atoms. The van der Waals surface area contributed by atoms with Crippen molar-refractivity contribution in [1.29, 1.82) is 0 Å². The Kier molecular flexibility index (Phi) is 6.31. The Morgan fingerprint density at radius 1 is 1.30 bits per heavy atom. The Balaban J connectivity index is 2.55. The number of hydrogen-bond donors (Lipinski definition) is 2. The molecule has 112 valence electrons. The van der Waals surface area contributed by atoms with Crippen LogP contribution in [-0.4, -0.2) is 41.8 Å². The summed E-state index contributed by atoms with van der Waals surface area (Å²) in [7, 11) is 1.62. The van der Waals surface area contributed by atoms with E-state index >= 15 is 0 Å². The van der Waals surface area contributed by atoms with E-state index in [1.165, 1.54) is 0 Å². The van der Waals surface area contributed by atoms with Crippen LogP contribution in [0.1, 0.15) is 26.3 Å². The highest BCUT2D eigenvalue weighted by Crippen LogP contribution is 2.11. The number of aliphatic hydroxyl groups excluding tert-OH is 1. The van der Waals surface area contributed by atoms with Crippen LogP contribution in [0.5, 0.6) is 5.75 Å². The molecule has 0 heterocycles. The summed E-state index contributed by atoms with van der Waals surface area (Å²) >= 11 is 0. The summed E-state index contributed by atoms with van der Waals surface area (Å²) in [5, 5.41) is 12.3. The van der Waals surface area contributed by atoms with Gasteiger partial charge in [0.25, 0.3) is 0 Å². The number of nitrogens with one attached hydrogen (secondary N) is 1. The molecule has 0 aromatic heterocycles. The van der Waals surface area contributed by atoms with Crippen molar-refractivity contribution in [2.45, 2.75) is 39.5 Å². The van der Waals surface area contributed by atoms with Crippen molar-refractivity contribution in [3.05, 3.63) is 29.8 Å². The molecular formula is C15H24N2O3. The fraction of sp³-hybridized carbons (Fsp3) is 0.533. The maximum atomic E-state index is 12.1. The molecule has 1 unspecified atom stereocenters. The van der Waals surface area contributed by atoms with Gasteiger partial charge in [0.1, 0.15) is 5.75 Å². The predicted octanol–water partition coefficient (Wildman–Crippen LogP) is 2.00. The molecule has 0 saturated carbocycles. The first kappa shape index (κ1) is 16.3. The van der Waals surface area contributed by atoms with Gasteiger partial charge in [0.05, 0.1) is 13.2 Å². The molecule has 5 nitrogen and oxygen atoms in total. The van der Waals surface area contributed by atoms with E-state index in [0.717, 1.165) is 11.3 Å². The number of benzene rings is 1. The number of urea groups is 1. The monoisotopic (exact) mass is 280 g/mol. The van der Waals surface area contributed by atoms with Gasteiger partial charge in [-0.25, -0.2) is 4.79 Å². The summed E-state index contributed by atoms with van der Waals surface area (Å²) in [5.74, 6) is 0.790. The van der Waals surface area contributed by atoms with E-state index in [-0.39, 0.29) is 12.1 Å². The second kappa shape index (κ2) is 7.75. The van der Waals surface area contributed by atoms with Crippen LogP contribution >= 0.6 is 0 Å². The number of amides is 2. The Labute approximate surface area is 120 Å². The third-order valence-corrected chi connectivity index (χ3v) is 2.95. The molecule has 1 atom stereocenters. The van der Waals surface area contributed by atoms with Gasteiger partial charge in [-0.05, 0) is 38.5 Å². The SMILES string of the molecule is COc1ccc(CNC(=O)N(CC(C)O)C(C)C)cc1. The van der Waals surface area contributed by atoms with Crippen molar-refractivity contribution in [3.63, 3.8) is 0 Å². The Morgan fingerprint density at radius 2 is 1.90 bits per heavy atom. The Hall–Kier alpha value is -1.75. The van der Waals surface area contributed by atoms with Gasteiger partial charge in [0.15, 0.2) is 0 Å². The first-order valence-electron chi connectivity index (χ1n) is 6.79. The van der Waals surface area contributed by atoms with Crippen LogP contribution < -0.4 is 10.1 Å². The average Bonchev–Trinajstić information content (AvgIpc) is 2.42. The highest BCUT2D eigenvalue weighted by Gasteiger charge is 2.18. The zero-order valence-corrected chi connectivity index (χ0v) is 12.6. The summed E-state index contributed by atoms with van der Waals surface area (Å²) in [4.78, 5) is 13.7. The molecule has 1 rings (SSSR count). The van der Waals surface area contributed by atoms with Crippen LogP contribution in [0.15, 0.2) is 24.3 Å².